The van der Waals surface area contributed by atoms with E-state index in [0.717, 1.165) is 11.7 Å². The first-order chi connectivity index (χ1) is 14.4. The Morgan fingerprint density at radius 1 is 1.17 bits per heavy atom. The Kier molecular flexibility index (Phi) is 6.09. The van der Waals surface area contributed by atoms with E-state index in [-0.39, 0.29) is 13.1 Å². The molecule has 1 aliphatic rings. The van der Waals surface area contributed by atoms with Gasteiger partial charge in [0.2, 0.25) is 0 Å². The van der Waals surface area contributed by atoms with Crippen LogP contribution in [0.4, 0.5) is 5.69 Å². The summed E-state index contributed by atoms with van der Waals surface area (Å²) in [4.78, 5) is 24.5. The van der Waals surface area contributed by atoms with Crippen molar-refractivity contribution in [1.29, 1.82) is 0 Å². The van der Waals surface area contributed by atoms with Gasteiger partial charge in [-0.25, -0.2) is 8.42 Å². The van der Waals surface area contributed by atoms with Crippen molar-refractivity contribution in [1.82, 2.24) is 13.1 Å². The molecule has 30 heavy (non-hydrogen) atoms. The van der Waals surface area contributed by atoms with Gasteiger partial charge in [0.05, 0.1) is 23.3 Å². The molecule has 2 aromatic heterocycles. The molecule has 0 radical (unpaired) electrons. The molecule has 0 saturated carbocycles. The molecule has 3 heterocycles. The SMILES string of the molecule is O=C(COC(=O)C1CCN(S(=O)(=O)c2cccs2)CC1)Nc1cccc2nsnc12. The number of carbonyl (C=O) groups is 2. The third-order valence-corrected chi connectivity index (χ3v) is 8.60. The molecule has 1 aliphatic heterocycles. The number of aromatic nitrogens is 2. The summed E-state index contributed by atoms with van der Waals surface area (Å²) in [5, 5.41) is 4.39. The Bertz CT molecular complexity index is 1150. The predicted molar refractivity (Wildman–Crippen MR) is 113 cm³/mol. The summed E-state index contributed by atoms with van der Waals surface area (Å²) in [5.41, 5.74) is 1.77. The molecule has 0 spiro atoms. The average Bonchev–Trinajstić information content (AvgIpc) is 3.45. The van der Waals surface area contributed by atoms with Crippen LogP contribution in [0.2, 0.25) is 0 Å². The first kappa shape index (κ1) is 20.8. The van der Waals surface area contributed by atoms with E-state index in [9.17, 15) is 18.0 Å². The largest absolute Gasteiger partial charge is 0.455 e. The number of hydrogen-bond donors (Lipinski definition) is 1. The number of nitrogens with one attached hydrogen (secondary N) is 1. The lowest BCUT2D eigenvalue weighted by atomic mass is 9.98. The van der Waals surface area contributed by atoms with Gasteiger partial charge in [-0.05, 0) is 36.4 Å². The fourth-order valence-corrected chi connectivity index (χ4v) is 6.38. The second-order valence-corrected chi connectivity index (χ2v) is 10.3. The topological polar surface area (TPSA) is 119 Å². The summed E-state index contributed by atoms with van der Waals surface area (Å²) in [7, 11) is -3.52. The fourth-order valence-electron chi connectivity index (χ4n) is 3.22. The molecule has 1 fully saturated rings. The zero-order valence-corrected chi connectivity index (χ0v) is 18.1. The van der Waals surface area contributed by atoms with E-state index in [4.69, 9.17) is 4.74 Å². The van der Waals surface area contributed by atoms with Crippen molar-refractivity contribution in [3.8, 4) is 0 Å². The van der Waals surface area contributed by atoms with E-state index >= 15 is 0 Å². The highest BCUT2D eigenvalue weighted by molar-refractivity contribution is 7.91. The third kappa shape index (κ3) is 4.36. The maximum Gasteiger partial charge on any atom is 0.309 e. The Morgan fingerprint density at radius 3 is 2.70 bits per heavy atom. The van der Waals surface area contributed by atoms with E-state index in [2.05, 4.69) is 14.1 Å². The molecule has 12 heteroatoms. The summed E-state index contributed by atoms with van der Waals surface area (Å²) in [6.07, 6.45) is 0.712. The average molecular weight is 467 g/mol. The molecule has 0 bridgehead atoms. The summed E-state index contributed by atoms with van der Waals surface area (Å²) in [6.45, 7) is 0.0660. The number of anilines is 1. The number of nitrogens with zero attached hydrogens (tertiary/aromatic N) is 3. The Hall–Kier alpha value is -2.41. The Balaban J connectivity index is 1.27. The van der Waals surface area contributed by atoms with Gasteiger partial charge in [-0.3, -0.25) is 9.59 Å². The zero-order chi connectivity index (χ0) is 21.1. The van der Waals surface area contributed by atoms with Crippen LogP contribution in [0.25, 0.3) is 11.0 Å². The van der Waals surface area contributed by atoms with Gasteiger partial charge in [0.25, 0.3) is 15.9 Å². The number of benzene rings is 1. The highest BCUT2D eigenvalue weighted by atomic mass is 32.2. The maximum absolute atomic E-state index is 12.5. The summed E-state index contributed by atoms with van der Waals surface area (Å²) in [5.74, 6) is -1.40. The van der Waals surface area contributed by atoms with Crippen molar-refractivity contribution >= 4 is 61.7 Å². The van der Waals surface area contributed by atoms with Gasteiger partial charge in [-0.15, -0.1) is 11.3 Å². The molecular weight excluding hydrogens is 448 g/mol. The second kappa shape index (κ2) is 8.76. The highest BCUT2D eigenvalue weighted by Gasteiger charge is 2.33. The van der Waals surface area contributed by atoms with Gasteiger partial charge in [-0.1, -0.05) is 12.1 Å². The second-order valence-electron chi connectivity index (χ2n) is 6.70. The van der Waals surface area contributed by atoms with Crippen LogP contribution in [0.5, 0.6) is 0 Å². The molecule has 1 amide bonds. The van der Waals surface area contributed by atoms with Crippen LogP contribution >= 0.6 is 23.1 Å². The van der Waals surface area contributed by atoms with E-state index in [1.165, 1.54) is 15.6 Å². The Morgan fingerprint density at radius 2 is 1.97 bits per heavy atom. The van der Waals surface area contributed by atoms with E-state index < -0.39 is 34.4 Å². The highest BCUT2D eigenvalue weighted by Crippen LogP contribution is 2.27. The van der Waals surface area contributed by atoms with Crippen LogP contribution in [0.15, 0.2) is 39.9 Å². The molecule has 1 aromatic carbocycles. The first-order valence-corrected chi connectivity index (χ1v) is 12.2. The Labute approximate surface area is 181 Å². The van der Waals surface area contributed by atoms with E-state index in [1.54, 1.807) is 35.7 Å². The normalized spacial score (nSPS) is 15.9. The number of piperidine rings is 1. The standard InChI is InChI=1S/C18H18N4O5S3/c23-15(19-13-3-1-4-14-17(13)21-29-20-14)11-27-18(24)12-6-8-22(9-7-12)30(25,26)16-5-2-10-28-16/h1-5,10,12H,6-9,11H2,(H,19,23). The number of rotatable bonds is 6. The van der Waals surface area contributed by atoms with Crippen LogP contribution in [0.1, 0.15) is 12.8 Å². The zero-order valence-electron chi connectivity index (χ0n) is 15.7. The number of ether oxygens (including phenoxy) is 1. The van der Waals surface area contributed by atoms with Gasteiger partial charge < -0.3 is 10.1 Å². The quantitative estimate of drug-likeness (QED) is 0.554. The molecule has 0 atom stereocenters. The number of sulfonamides is 1. The van der Waals surface area contributed by atoms with E-state index in [1.807, 2.05) is 0 Å². The number of amides is 1. The van der Waals surface area contributed by atoms with Crippen LogP contribution in [-0.4, -0.2) is 53.0 Å². The van der Waals surface area contributed by atoms with Crippen molar-refractivity contribution in [2.45, 2.75) is 17.1 Å². The van der Waals surface area contributed by atoms with Crippen molar-refractivity contribution in [3.63, 3.8) is 0 Å². The number of thiophene rings is 1. The fraction of sp³-hybridized carbons (Fsp3) is 0.333. The maximum atomic E-state index is 12.5. The third-order valence-electron chi connectivity index (χ3n) is 4.78. The van der Waals surface area contributed by atoms with Gasteiger partial charge in [0.15, 0.2) is 6.61 Å². The minimum atomic E-state index is -3.52. The first-order valence-electron chi connectivity index (χ1n) is 9.16. The number of fused-ring (bicyclic) bond motifs is 1. The van der Waals surface area contributed by atoms with E-state index in [0.29, 0.717) is 33.8 Å². The lowest BCUT2D eigenvalue weighted by molar-refractivity contribution is -0.152. The van der Waals surface area contributed by atoms with Gasteiger partial charge >= 0.3 is 5.97 Å². The van der Waals surface area contributed by atoms with Crippen molar-refractivity contribution < 1.29 is 22.7 Å². The monoisotopic (exact) mass is 466 g/mol. The lowest BCUT2D eigenvalue weighted by Gasteiger charge is -2.29. The molecule has 4 rings (SSSR count). The molecular formula is C18H18N4O5S3. The lowest BCUT2D eigenvalue weighted by Crippen LogP contribution is -2.40. The minimum Gasteiger partial charge on any atom is -0.455 e. The molecule has 0 aliphatic carbocycles. The number of hydrogen-bond acceptors (Lipinski definition) is 9. The molecule has 0 unspecified atom stereocenters. The number of carbonyl (C=O) groups excluding carboxylic acids is 2. The van der Waals surface area contributed by atoms with Crippen molar-refractivity contribution in [3.05, 3.63) is 35.7 Å². The molecule has 9 nitrogen and oxygen atoms in total. The van der Waals surface area contributed by atoms with Gasteiger partial charge in [0.1, 0.15) is 15.2 Å². The summed E-state index contributed by atoms with van der Waals surface area (Å²) in [6, 6.07) is 8.51. The smallest absolute Gasteiger partial charge is 0.309 e. The van der Waals surface area contributed by atoms with Crippen LogP contribution in [0.3, 0.4) is 0 Å². The molecule has 3 aromatic rings. The van der Waals surface area contributed by atoms with Crippen LogP contribution < -0.4 is 5.32 Å². The number of esters is 1. The van der Waals surface area contributed by atoms with Crippen LogP contribution in [-0.2, 0) is 24.3 Å². The molecule has 158 valence electrons. The molecule has 1 N–H and O–H groups in total. The predicted octanol–water partition coefficient (Wildman–Crippen LogP) is 2.34. The van der Waals surface area contributed by atoms with Crippen LogP contribution in [0, 0.1) is 5.92 Å². The van der Waals surface area contributed by atoms with Crippen molar-refractivity contribution in [2.75, 3.05) is 25.0 Å². The van der Waals surface area contributed by atoms with Gasteiger partial charge in [0, 0.05) is 13.1 Å². The molecule has 1 saturated heterocycles. The minimum absolute atomic E-state index is 0.241. The van der Waals surface area contributed by atoms with Gasteiger partial charge in [-0.2, -0.15) is 13.1 Å². The summed E-state index contributed by atoms with van der Waals surface area (Å²) >= 11 is 2.22. The van der Waals surface area contributed by atoms with Crippen molar-refractivity contribution in [2.24, 2.45) is 5.92 Å². The summed E-state index contributed by atoms with van der Waals surface area (Å²) < 4.78 is 40.2.